The van der Waals surface area contributed by atoms with Gasteiger partial charge in [-0.15, -0.1) is 0 Å². The first-order valence-corrected chi connectivity index (χ1v) is 10.7. The summed E-state index contributed by atoms with van der Waals surface area (Å²) in [5.41, 5.74) is 4.48. The smallest absolute Gasteiger partial charge is 0.161 e. The Hall–Kier alpha value is -3.70. The third-order valence-corrected chi connectivity index (χ3v) is 6.09. The molecule has 1 aliphatic heterocycles. The first kappa shape index (κ1) is 20.2. The fourth-order valence-corrected chi connectivity index (χ4v) is 4.67. The summed E-state index contributed by atoms with van der Waals surface area (Å²) in [5, 5.41) is 30.3. The third-order valence-electron chi connectivity index (χ3n) is 6.09. The van der Waals surface area contributed by atoms with Gasteiger partial charge >= 0.3 is 0 Å². The highest BCUT2D eigenvalue weighted by atomic mass is 16.3. The number of hydrogen-bond acceptors (Lipinski definition) is 7. The van der Waals surface area contributed by atoms with Gasteiger partial charge in [-0.1, -0.05) is 0 Å². The van der Waals surface area contributed by atoms with Crippen LogP contribution in [-0.2, 0) is 7.05 Å². The highest BCUT2D eigenvalue weighted by molar-refractivity contribution is 5.93. The van der Waals surface area contributed by atoms with E-state index in [-0.39, 0.29) is 5.75 Å². The van der Waals surface area contributed by atoms with Crippen molar-refractivity contribution >= 4 is 27.6 Å². The van der Waals surface area contributed by atoms with Crippen LogP contribution in [0, 0.1) is 18.3 Å². The number of phenolic OH excluding ortho intramolecular Hbond substituents is 1. The number of aromatic hydroxyl groups is 1. The molecule has 0 saturated carbocycles. The van der Waals surface area contributed by atoms with Crippen molar-refractivity contribution in [1.29, 1.82) is 5.26 Å². The van der Waals surface area contributed by atoms with E-state index in [9.17, 15) is 10.4 Å². The number of pyridine rings is 2. The van der Waals surface area contributed by atoms with Crippen molar-refractivity contribution in [2.75, 3.05) is 18.0 Å². The second-order valence-corrected chi connectivity index (χ2v) is 8.74. The van der Waals surface area contributed by atoms with Crippen molar-refractivity contribution in [2.24, 2.45) is 7.05 Å². The molecule has 2 atom stereocenters. The molecule has 5 rings (SSSR count). The maximum absolute atomic E-state index is 10.9. The van der Waals surface area contributed by atoms with E-state index >= 15 is 0 Å². The zero-order chi connectivity index (χ0) is 22.6. The fourth-order valence-electron chi connectivity index (χ4n) is 4.67. The average Bonchev–Trinajstić information content (AvgIpc) is 3.15. The van der Waals surface area contributed by atoms with E-state index in [1.807, 2.05) is 38.5 Å². The highest BCUT2D eigenvalue weighted by Gasteiger charge is 2.22. The number of phenols is 1. The second-order valence-electron chi connectivity index (χ2n) is 8.74. The summed E-state index contributed by atoms with van der Waals surface area (Å²) in [5.74, 6) is 0.118. The molecule has 4 heterocycles. The van der Waals surface area contributed by atoms with Gasteiger partial charge in [-0.3, -0.25) is 4.68 Å². The topological polar surface area (TPSA) is 103 Å². The summed E-state index contributed by atoms with van der Waals surface area (Å²) in [6, 6.07) is 8.63. The fraction of sp³-hybridized carbons (Fsp3) is 0.333. The molecule has 4 aromatic rings. The van der Waals surface area contributed by atoms with Crippen molar-refractivity contribution in [3.8, 4) is 23.1 Å². The Kier molecular flexibility index (Phi) is 4.72. The van der Waals surface area contributed by atoms with Crippen LogP contribution in [0.4, 0.5) is 5.69 Å². The van der Waals surface area contributed by atoms with E-state index < -0.39 is 0 Å². The van der Waals surface area contributed by atoms with E-state index in [0.29, 0.717) is 45.5 Å². The summed E-state index contributed by atoms with van der Waals surface area (Å²) in [6.07, 6.45) is 3.72. The molecule has 8 nitrogen and oxygen atoms in total. The zero-order valence-corrected chi connectivity index (χ0v) is 18.6. The summed E-state index contributed by atoms with van der Waals surface area (Å²) >= 11 is 0. The normalized spacial score (nSPS) is 18.9. The van der Waals surface area contributed by atoms with Crippen LogP contribution in [0.2, 0.25) is 0 Å². The second kappa shape index (κ2) is 7.46. The number of fused-ring (bicyclic) bond motifs is 2. The van der Waals surface area contributed by atoms with Gasteiger partial charge in [0, 0.05) is 60.3 Å². The Bertz CT molecular complexity index is 1390. The number of nitriles is 1. The van der Waals surface area contributed by atoms with E-state index in [1.54, 1.807) is 10.7 Å². The van der Waals surface area contributed by atoms with Gasteiger partial charge in [-0.25, -0.2) is 9.97 Å². The maximum Gasteiger partial charge on any atom is 0.161 e. The minimum absolute atomic E-state index is 0.118. The first-order chi connectivity index (χ1) is 15.3. The third kappa shape index (κ3) is 3.31. The molecule has 32 heavy (non-hydrogen) atoms. The largest absolute Gasteiger partial charge is 0.507 e. The molecular weight excluding hydrogens is 402 g/mol. The molecular formula is C24H25N7O. The molecule has 1 aliphatic rings. The minimum atomic E-state index is 0.118. The van der Waals surface area contributed by atoms with Crippen LogP contribution >= 0.6 is 0 Å². The van der Waals surface area contributed by atoms with Gasteiger partial charge in [0.1, 0.15) is 5.75 Å². The van der Waals surface area contributed by atoms with Crippen molar-refractivity contribution < 1.29 is 5.11 Å². The van der Waals surface area contributed by atoms with E-state index in [1.165, 1.54) is 0 Å². The standard InChI is InChI=1S/C24H25N7O/c1-13-10-31(11-14(2)27-13)18-7-19-16(8-25)6-21(28-24(19)26-9-18)20-5-17-12-30(4)29-22(17)15(3)23(20)32/h5-7,9,12-14,27,32H,10-11H2,1-4H3. The van der Waals surface area contributed by atoms with Crippen molar-refractivity contribution in [1.82, 2.24) is 25.1 Å². The Morgan fingerprint density at radius 3 is 2.66 bits per heavy atom. The van der Waals surface area contributed by atoms with Crippen LogP contribution in [0.3, 0.4) is 0 Å². The lowest BCUT2D eigenvalue weighted by Crippen LogP contribution is -2.54. The molecule has 0 aliphatic carbocycles. The van der Waals surface area contributed by atoms with Gasteiger partial charge in [0.2, 0.25) is 0 Å². The molecule has 0 spiro atoms. The molecule has 0 bridgehead atoms. The number of anilines is 1. The molecule has 2 N–H and O–H groups in total. The van der Waals surface area contributed by atoms with Crippen molar-refractivity contribution in [3.05, 3.63) is 41.7 Å². The summed E-state index contributed by atoms with van der Waals surface area (Å²) in [6.45, 7) is 7.92. The maximum atomic E-state index is 10.9. The Labute approximate surface area is 186 Å². The monoisotopic (exact) mass is 427 g/mol. The number of aromatic nitrogens is 4. The lowest BCUT2D eigenvalue weighted by molar-refractivity contribution is 0.407. The van der Waals surface area contributed by atoms with E-state index in [0.717, 1.165) is 29.7 Å². The number of aryl methyl sites for hydroxylation is 2. The lowest BCUT2D eigenvalue weighted by atomic mass is 10.0. The molecule has 1 saturated heterocycles. The number of rotatable bonds is 2. The van der Waals surface area contributed by atoms with Crippen LogP contribution in [0.15, 0.2) is 30.6 Å². The van der Waals surface area contributed by atoms with Gasteiger partial charge in [-0.2, -0.15) is 10.4 Å². The molecule has 2 unspecified atom stereocenters. The predicted octanol–water partition coefficient (Wildman–Crippen LogP) is 3.26. The first-order valence-electron chi connectivity index (χ1n) is 10.7. The van der Waals surface area contributed by atoms with E-state index in [4.69, 9.17) is 4.98 Å². The van der Waals surface area contributed by atoms with Crippen LogP contribution in [0.1, 0.15) is 25.0 Å². The lowest BCUT2D eigenvalue weighted by Gasteiger charge is -2.37. The summed E-state index contributed by atoms with van der Waals surface area (Å²) in [7, 11) is 1.85. The van der Waals surface area contributed by atoms with Gasteiger partial charge in [0.25, 0.3) is 0 Å². The predicted molar refractivity (Wildman–Crippen MR) is 125 cm³/mol. The van der Waals surface area contributed by atoms with Gasteiger partial charge in [-0.05, 0) is 39.0 Å². The molecule has 8 heteroatoms. The van der Waals surface area contributed by atoms with Crippen LogP contribution in [0.25, 0.3) is 33.2 Å². The van der Waals surface area contributed by atoms with Crippen molar-refractivity contribution in [2.45, 2.75) is 32.9 Å². The quantitative estimate of drug-likeness (QED) is 0.506. The molecule has 162 valence electrons. The number of piperazine rings is 1. The number of hydrogen-bond donors (Lipinski definition) is 2. The molecule has 0 amide bonds. The number of benzene rings is 1. The minimum Gasteiger partial charge on any atom is -0.507 e. The Balaban J connectivity index is 1.63. The van der Waals surface area contributed by atoms with Gasteiger partial charge in [0.15, 0.2) is 5.65 Å². The Morgan fingerprint density at radius 1 is 1.19 bits per heavy atom. The van der Waals surface area contributed by atoms with E-state index in [2.05, 4.69) is 40.2 Å². The summed E-state index contributed by atoms with van der Waals surface area (Å²) < 4.78 is 1.72. The zero-order valence-electron chi connectivity index (χ0n) is 18.6. The van der Waals surface area contributed by atoms with Gasteiger partial charge in [0.05, 0.1) is 34.7 Å². The van der Waals surface area contributed by atoms with Gasteiger partial charge < -0.3 is 15.3 Å². The van der Waals surface area contributed by atoms with Crippen molar-refractivity contribution in [3.63, 3.8) is 0 Å². The molecule has 1 fully saturated rings. The number of nitrogens with zero attached hydrogens (tertiary/aromatic N) is 6. The highest BCUT2D eigenvalue weighted by Crippen LogP contribution is 2.37. The number of nitrogens with one attached hydrogen (secondary N) is 1. The van der Waals surface area contributed by atoms with Crippen LogP contribution in [-0.4, -0.2) is 50.0 Å². The van der Waals surface area contributed by atoms with Crippen LogP contribution < -0.4 is 10.2 Å². The average molecular weight is 428 g/mol. The summed E-state index contributed by atoms with van der Waals surface area (Å²) in [4.78, 5) is 11.6. The molecule has 0 radical (unpaired) electrons. The molecule has 3 aromatic heterocycles. The van der Waals surface area contributed by atoms with Crippen LogP contribution in [0.5, 0.6) is 5.75 Å². The Morgan fingerprint density at radius 2 is 1.94 bits per heavy atom. The molecule has 1 aromatic carbocycles. The SMILES string of the molecule is Cc1c(O)c(-c2cc(C#N)c3cc(N4CC(C)NC(C)C4)cnc3n2)cc2cn(C)nc12.